The van der Waals surface area contributed by atoms with Crippen molar-refractivity contribution in [2.24, 2.45) is 0 Å². The lowest BCUT2D eigenvalue weighted by atomic mass is 10.1. The van der Waals surface area contributed by atoms with Gasteiger partial charge in [0.15, 0.2) is 15.0 Å². The smallest absolute Gasteiger partial charge is 0.251 e. The molecule has 1 aromatic heterocycles. The van der Waals surface area contributed by atoms with Gasteiger partial charge in [0, 0.05) is 35.7 Å². The van der Waals surface area contributed by atoms with E-state index in [-0.39, 0.29) is 27.1 Å². The van der Waals surface area contributed by atoms with Gasteiger partial charge in [0.2, 0.25) is 5.78 Å². The van der Waals surface area contributed by atoms with Gasteiger partial charge in [-0.25, -0.2) is 13.4 Å². The monoisotopic (exact) mass is 513 g/mol. The van der Waals surface area contributed by atoms with Crippen LogP contribution in [0.1, 0.15) is 38.4 Å². The summed E-state index contributed by atoms with van der Waals surface area (Å²) in [5.74, 6) is -0.625. The molecule has 1 aliphatic rings. The highest BCUT2D eigenvalue weighted by Gasteiger charge is 2.24. The number of nitrogens with two attached hydrogens (primary N) is 1. The van der Waals surface area contributed by atoms with Crippen LogP contribution in [0.3, 0.4) is 0 Å². The van der Waals surface area contributed by atoms with E-state index in [1.54, 1.807) is 36.4 Å². The van der Waals surface area contributed by atoms with Gasteiger partial charge < -0.3 is 21.3 Å². The third-order valence-corrected chi connectivity index (χ3v) is 8.10. The van der Waals surface area contributed by atoms with Crippen molar-refractivity contribution in [1.29, 1.82) is 0 Å². The number of hydrogen-bond donors (Lipinski definition) is 3. The van der Waals surface area contributed by atoms with E-state index in [4.69, 9.17) is 5.73 Å². The van der Waals surface area contributed by atoms with Gasteiger partial charge in [0.25, 0.3) is 5.91 Å². The molecule has 2 heterocycles. The SMILES string of the molecule is CN1CCCC1CNC(=O)c1ccc(Nc2nc(N)c(C(=O)c3ccccc3S(C)(=O)=O)s2)cc1. The lowest BCUT2D eigenvalue weighted by Gasteiger charge is -2.19. The first-order valence-corrected chi connectivity index (χ1v) is 13.8. The van der Waals surface area contributed by atoms with Gasteiger partial charge in [0.05, 0.1) is 4.90 Å². The maximum absolute atomic E-state index is 13.0. The molecule has 11 heteroatoms. The number of carbonyl (C=O) groups is 2. The topological polar surface area (TPSA) is 134 Å². The molecule has 1 atom stereocenters. The number of nitrogens with zero attached hydrogens (tertiary/aromatic N) is 2. The molecule has 1 fully saturated rings. The Labute approximate surface area is 208 Å². The number of sulfone groups is 1. The average molecular weight is 514 g/mol. The second-order valence-electron chi connectivity index (χ2n) is 8.52. The van der Waals surface area contributed by atoms with E-state index in [9.17, 15) is 18.0 Å². The van der Waals surface area contributed by atoms with Crippen LogP contribution >= 0.6 is 11.3 Å². The first-order valence-electron chi connectivity index (χ1n) is 11.1. The van der Waals surface area contributed by atoms with Gasteiger partial charge in [-0.15, -0.1) is 0 Å². The van der Waals surface area contributed by atoms with Crippen LogP contribution in [-0.4, -0.2) is 62.4 Å². The summed E-state index contributed by atoms with van der Waals surface area (Å²) in [5, 5.41) is 6.45. The van der Waals surface area contributed by atoms with Crippen molar-refractivity contribution in [2.75, 3.05) is 37.4 Å². The Morgan fingerprint density at radius 2 is 1.89 bits per heavy atom. The zero-order valence-corrected chi connectivity index (χ0v) is 21.1. The molecule has 0 saturated carbocycles. The lowest BCUT2D eigenvalue weighted by Crippen LogP contribution is -2.38. The van der Waals surface area contributed by atoms with Crippen LogP contribution in [0.4, 0.5) is 16.6 Å². The standard InChI is InChI=1S/C24H27N5O4S2/c1-29-13-5-6-17(29)14-26-23(31)15-9-11-16(12-10-15)27-24-28-22(25)21(34-24)20(30)18-7-3-4-8-19(18)35(2,32)33/h3-4,7-12,17H,5-6,13-14,25H2,1-2H3,(H,26,31)(H,27,28). The highest BCUT2D eigenvalue weighted by molar-refractivity contribution is 7.90. The molecular weight excluding hydrogens is 486 g/mol. The number of hydrogen-bond acceptors (Lipinski definition) is 9. The summed E-state index contributed by atoms with van der Waals surface area (Å²) >= 11 is 1.03. The number of rotatable bonds is 8. The third-order valence-electron chi connectivity index (χ3n) is 5.96. The minimum atomic E-state index is -3.59. The van der Waals surface area contributed by atoms with E-state index in [0.29, 0.717) is 29.0 Å². The maximum atomic E-state index is 13.0. The second-order valence-corrected chi connectivity index (χ2v) is 11.5. The molecule has 1 unspecified atom stereocenters. The number of nitrogens with one attached hydrogen (secondary N) is 2. The van der Waals surface area contributed by atoms with E-state index < -0.39 is 15.6 Å². The number of likely N-dealkylation sites (N-methyl/N-ethyl adjacent to an activating group) is 1. The highest BCUT2D eigenvalue weighted by atomic mass is 32.2. The van der Waals surface area contributed by atoms with E-state index in [1.807, 2.05) is 0 Å². The van der Waals surface area contributed by atoms with Crippen LogP contribution in [-0.2, 0) is 9.84 Å². The summed E-state index contributed by atoms with van der Waals surface area (Å²) < 4.78 is 24.2. The van der Waals surface area contributed by atoms with Crippen LogP contribution in [0, 0.1) is 0 Å². The molecule has 1 saturated heterocycles. The molecule has 9 nitrogen and oxygen atoms in total. The van der Waals surface area contributed by atoms with Gasteiger partial charge in [-0.1, -0.05) is 23.5 Å². The number of carbonyl (C=O) groups excluding carboxylic acids is 2. The number of anilines is 3. The number of thiazole rings is 1. The minimum absolute atomic E-state index is 0.0127. The number of likely N-dealkylation sites (tertiary alicyclic amines) is 1. The van der Waals surface area contributed by atoms with Crippen molar-refractivity contribution in [1.82, 2.24) is 15.2 Å². The second kappa shape index (κ2) is 10.1. The molecule has 3 aromatic rings. The number of aromatic nitrogens is 1. The fourth-order valence-corrected chi connectivity index (χ4v) is 5.77. The average Bonchev–Trinajstić information content (AvgIpc) is 3.41. The molecule has 1 aliphatic heterocycles. The zero-order valence-electron chi connectivity index (χ0n) is 19.4. The summed E-state index contributed by atoms with van der Waals surface area (Å²) in [6.45, 7) is 1.67. The predicted octanol–water partition coefficient (Wildman–Crippen LogP) is 2.93. The number of ketones is 1. The molecule has 2 aromatic carbocycles. The normalized spacial score (nSPS) is 16.2. The van der Waals surface area contributed by atoms with Crippen molar-refractivity contribution in [3.63, 3.8) is 0 Å². The van der Waals surface area contributed by atoms with Gasteiger partial charge in [0.1, 0.15) is 10.7 Å². The molecule has 184 valence electrons. The lowest BCUT2D eigenvalue weighted by molar-refractivity contribution is 0.0943. The molecule has 35 heavy (non-hydrogen) atoms. The number of nitrogen functional groups attached to an aromatic ring is 1. The van der Waals surface area contributed by atoms with Crippen LogP contribution < -0.4 is 16.4 Å². The summed E-state index contributed by atoms with van der Waals surface area (Å²) in [6, 6.07) is 13.3. The van der Waals surface area contributed by atoms with Gasteiger partial charge in [-0.3, -0.25) is 9.59 Å². The minimum Gasteiger partial charge on any atom is -0.382 e. The van der Waals surface area contributed by atoms with Gasteiger partial charge in [-0.2, -0.15) is 0 Å². The van der Waals surface area contributed by atoms with Crippen molar-refractivity contribution in [3.05, 3.63) is 64.5 Å². The molecular formula is C24H27N5O4S2. The molecule has 0 bridgehead atoms. The molecule has 0 radical (unpaired) electrons. The van der Waals surface area contributed by atoms with Crippen LogP contribution in [0.15, 0.2) is 53.4 Å². The Morgan fingerprint density at radius 3 is 2.54 bits per heavy atom. The fourth-order valence-electron chi connectivity index (χ4n) is 4.03. The molecule has 0 spiro atoms. The van der Waals surface area contributed by atoms with Crippen molar-refractivity contribution in [2.45, 2.75) is 23.8 Å². The Morgan fingerprint density at radius 1 is 1.17 bits per heavy atom. The summed E-state index contributed by atoms with van der Waals surface area (Å²) in [5.41, 5.74) is 7.25. The number of benzene rings is 2. The molecule has 1 amide bonds. The summed E-state index contributed by atoms with van der Waals surface area (Å²) in [4.78, 5) is 32.1. The van der Waals surface area contributed by atoms with Gasteiger partial charge in [-0.05, 0) is 62.8 Å². The largest absolute Gasteiger partial charge is 0.382 e. The van der Waals surface area contributed by atoms with E-state index in [2.05, 4.69) is 27.6 Å². The summed E-state index contributed by atoms with van der Waals surface area (Å²) in [6.07, 6.45) is 3.29. The zero-order chi connectivity index (χ0) is 25.2. The van der Waals surface area contributed by atoms with Crippen LogP contribution in [0.5, 0.6) is 0 Å². The summed E-state index contributed by atoms with van der Waals surface area (Å²) in [7, 11) is -1.52. The van der Waals surface area contributed by atoms with Gasteiger partial charge >= 0.3 is 0 Å². The predicted molar refractivity (Wildman–Crippen MR) is 137 cm³/mol. The Balaban J connectivity index is 1.44. The van der Waals surface area contributed by atoms with Crippen molar-refractivity contribution in [3.8, 4) is 0 Å². The fraction of sp³-hybridized carbons (Fsp3) is 0.292. The van der Waals surface area contributed by atoms with E-state index >= 15 is 0 Å². The molecule has 4 N–H and O–H groups in total. The maximum Gasteiger partial charge on any atom is 0.251 e. The first-order chi connectivity index (χ1) is 16.6. The van der Waals surface area contributed by atoms with Crippen molar-refractivity contribution >= 4 is 49.5 Å². The number of amides is 1. The van der Waals surface area contributed by atoms with Crippen LogP contribution in [0.25, 0.3) is 0 Å². The van der Waals surface area contributed by atoms with E-state index in [0.717, 1.165) is 37.0 Å². The Hall–Kier alpha value is -3.28. The third kappa shape index (κ3) is 5.69. The Bertz CT molecular complexity index is 1350. The molecule has 4 rings (SSSR count). The van der Waals surface area contributed by atoms with Crippen LogP contribution in [0.2, 0.25) is 0 Å². The molecule has 0 aliphatic carbocycles. The van der Waals surface area contributed by atoms with E-state index in [1.165, 1.54) is 12.1 Å². The Kier molecular flexibility index (Phi) is 7.20. The highest BCUT2D eigenvalue weighted by Crippen LogP contribution is 2.31. The first kappa shape index (κ1) is 24.8. The van der Waals surface area contributed by atoms with Crippen molar-refractivity contribution < 1.29 is 18.0 Å². The quantitative estimate of drug-likeness (QED) is 0.392.